The Morgan fingerprint density at radius 3 is 2.45 bits per heavy atom. The summed E-state index contributed by atoms with van der Waals surface area (Å²) >= 11 is 0. The van der Waals surface area contributed by atoms with Gasteiger partial charge in [0.05, 0.1) is 18.4 Å². The number of sulfone groups is 1. The van der Waals surface area contributed by atoms with Crippen molar-refractivity contribution in [3.63, 3.8) is 0 Å². The van der Waals surface area contributed by atoms with Gasteiger partial charge >= 0.3 is 0 Å². The van der Waals surface area contributed by atoms with E-state index in [-0.39, 0.29) is 11.7 Å². The number of hydrogen-bond donors (Lipinski definition) is 0. The second kappa shape index (κ2) is 5.66. The number of hydrogen-bond acceptors (Lipinski definition) is 4. The molecule has 0 radical (unpaired) electrons. The van der Waals surface area contributed by atoms with Crippen molar-refractivity contribution in [2.24, 2.45) is 0 Å². The highest BCUT2D eigenvalue weighted by atomic mass is 32.2. The Morgan fingerprint density at radius 2 is 2.00 bits per heavy atom. The largest absolute Gasteiger partial charge is 0.494 e. The molecule has 2 rings (SSSR count). The monoisotopic (exact) mass is 295 g/mol. The van der Waals surface area contributed by atoms with Crippen molar-refractivity contribution < 1.29 is 17.9 Å². The number of nitrogens with zero attached hydrogens (tertiary/aromatic N) is 1. The number of rotatable bonds is 4. The van der Waals surface area contributed by atoms with Gasteiger partial charge < -0.3 is 9.64 Å². The fourth-order valence-corrected chi connectivity index (χ4v) is 3.46. The molecule has 1 heterocycles. The lowest BCUT2D eigenvalue weighted by molar-refractivity contribution is -0.116. The first-order valence-corrected chi connectivity index (χ1v) is 8.08. The van der Waals surface area contributed by atoms with E-state index in [0.717, 1.165) is 0 Å². The smallest absolute Gasteiger partial charge is 0.224 e. The number of benzene rings is 1. The average Bonchev–Trinajstić information content (AvgIpc) is 2.72. The molecule has 0 saturated carbocycles. The normalized spacial score (nSPS) is 19.8. The van der Waals surface area contributed by atoms with E-state index in [9.17, 15) is 13.2 Å². The fraction of sp³-hybridized carbons (Fsp3) is 0.357. The van der Waals surface area contributed by atoms with Crippen molar-refractivity contribution in [2.75, 3.05) is 17.3 Å². The molecule has 0 fully saturated rings. The van der Waals surface area contributed by atoms with Crippen molar-refractivity contribution in [1.82, 2.24) is 0 Å². The first kappa shape index (κ1) is 14.6. The summed E-state index contributed by atoms with van der Waals surface area (Å²) in [7, 11) is -3.20. The van der Waals surface area contributed by atoms with Gasteiger partial charge in [-0.25, -0.2) is 8.42 Å². The predicted molar refractivity (Wildman–Crippen MR) is 77.5 cm³/mol. The third kappa shape index (κ3) is 3.19. The lowest BCUT2D eigenvalue weighted by atomic mass is 10.2. The van der Waals surface area contributed by atoms with Gasteiger partial charge in [0.15, 0.2) is 9.84 Å². The molecule has 1 aromatic rings. The zero-order valence-corrected chi connectivity index (χ0v) is 12.3. The molecule has 0 spiro atoms. The number of carbonyl (C=O) groups excluding carboxylic acids is 1. The standard InChI is InChI=1S/C14H17NO4S/c1-3-19-14-6-4-12(5-7-14)15(11(2)16)13-8-9-20(17,18)10-13/h4-9,13H,3,10H2,1-2H3/t13-/m1/s1. The fourth-order valence-electron chi connectivity index (χ4n) is 2.20. The lowest BCUT2D eigenvalue weighted by Gasteiger charge is -2.26. The number of carbonyl (C=O) groups is 1. The van der Waals surface area contributed by atoms with Crippen LogP contribution in [0.5, 0.6) is 5.75 Å². The van der Waals surface area contributed by atoms with E-state index in [0.29, 0.717) is 18.0 Å². The maximum Gasteiger partial charge on any atom is 0.224 e. The molecule has 20 heavy (non-hydrogen) atoms. The van der Waals surface area contributed by atoms with Crippen LogP contribution in [0.15, 0.2) is 35.7 Å². The van der Waals surface area contributed by atoms with Gasteiger partial charge in [-0.3, -0.25) is 4.79 Å². The maximum atomic E-state index is 11.8. The Morgan fingerprint density at radius 1 is 1.35 bits per heavy atom. The molecule has 0 N–H and O–H groups in total. The van der Waals surface area contributed by atoms with Gasteiger partial charge in [0, 0.05) is 18.0 Å². The van der Waals surface area contributed by atoms with E-state index in [1.807, 2.05) is 6.92 Å². The summed E-state index contributed by atoms with van der Waals surface area (Å²) in [5.74, 6) is 0.454. The van der Waals surface area contributed by atoms with Crippen LogP contribution in [-0.4, -0.2) is 32.7 Å². The molecule has 0 aliphatic carbocycles. The van der Waals surface area contributed by atoms with Crippen molar-refractivity contribution >= 4 is 21.4 Å². The van der Waals surface area contributed by atoms with E-state index in [1.165, 1.54) is 17.2 Å². The van der Waals surface area contributed by atoms with Crippen molar-refractivity contribution in [1.29, 1.82) is 0 Å². The minimum atomic E-state index is -3.20. The summed E-state index contributed by atoms with van der Waals surface area (Å²) in [6.07, 6.45) is 1.55. The molecular formula is C14H17NO4S. The first-order valence-electron chi connectivity index (χ1n) is 6.36. The highest BCUT2D eigenvalue weighted by Crippen LogP contribution is 2.25. The molecule has 1 amide bonds. The number of ether oxygens (including phenoxy) is 1. The number of anilines is 1. The van der Waals surface area contributed by atoms with Crippen molar-refractivity contribution in [2.45, 2.75) is 19.9 Å². The van der Waals surface area contributed by atoms with Crippen LogP contribution < -0.4 is 9.64 Å². The van der Waals surface area contributed by atoms with Gasteiger partial charge in [0.25, 0.3) is 0 Å². The summed E-state index contributed by atoms with van der Waals surface area (Å²) < 4.78 is 28.3. The summed E-state index contributed by atoms with van der Waals surface area (Å²) in [4.78, 5) is 13.3. The van der Waals surface area contributed by atoms with E-state index in [4.69, 9.17) is 4.74 Å². The van der Waals surface area contributed by atoms with Crippen LogP contribution in [0, 0.1) is 0 Å². The molecule has 1 aliphatic heterocycles. The second-order valence-corrected chi connectivity index (χ2v) is 6.47. The first-order chi connectivity index (χ1) is 9.43. The van der Waals surface area contributed by atoms with Gasteiger partial charge in [-0.05, 0) is 37.3 Å². The highest BCUT2D eigenvalue weighted by molar-refractivity contribution is 7.94. The third-order valence-electron chi connectivity index (χ3n) is 3.01. The maximum absolute atomic E-state index is 11.8. The Bertz CT molecular complexity index is 619. The van der Waals surface area contributed by atoms with Crippen LogP contribution in [0.3, 0.4) is 0 Å². The van der Waals surface area contributed by atoms with Crippen LogP contribution in [0.1, 0.15) is 13.8 Å². The molecular weight excluding hydrogens is 278 g/mol. The SMILES string of the molecule is CCOc1ccc(N(C(C)=O)[C@@H]2C=CS(=O)(=O)C2)cc1. The Balaban J connectivity index is 2.26. The summed E-state index contributed by atoms with van der Waals surface area (Å²) in [5, 5.41) is 1.17. The predicted octanol–water partition coefficient (Wildman–Crippen LogP) is 1.75. The topological polar surface area (TPSA) is 63.7 Å². The Labute approximate surface area is 118 Å². The van der Waals surface area contributed by atoms with Crippen LogP contribution in [0.4, 0.5) is 5.69 Å². The van der Waals surface area contributed by atoms with Crippen molar-refractivity contribution in [3.05, 3.63) is 35.7 Å². The Hall–Kier alpha value is -1.82. The van der Waals surface area contributed by atoms with E-state index in [1.54, 1.807) is 30.3 Å². The van der Waals surface area contributed by atoms with Crippen molar-refractivity contribution in [3.8, 4) is 5.75 Å². The minimum Gasteiger partial charge on any atom is -0.494 e. The molecule has 1 aromatic carbocycles. The van der Waals surface area contributed by atoms with E-state index >= 15 is 0 Å². The van der Waals surface area contributed by atoms with Gasteiger partial charge in [-0.2, -0.15) is 0 Å². The van der Waals surface area contributed by atoms with Crippen LogP contribution in [-0.2, 0) is 14.6 Å². The summed E-state index contributed by atoms with van der Waals surface area (Å²) in [5.41, 5.74) is 0.660. The highest BCUT2D eigenvalue weighted by Gasteiger charge is 2.29. The summed E-state index contributed by atoms with van der Waals surface area (Å²) in [6.45, 7) is 3.89. The molecule has 6 heteroatoms. The average molecular weight is 295 g/mol. The molecule has 0 saturated heterocycles. The zero-order chi connectivity index (χ0) is 14.8. The summed E-state index contributed by atoms with van der Waals surface area (Å²) in [6, 6.07) is 6.59. The molecule has 1 atom stereocenters. The Kier molecular flexibility index (Phi) is 4.13. The van der Waals surface area contributed by atoms with Gasteiger partial charge in [-0.1, -0.05) is 0 Å². The van der Waals surface area contributed by atoms with Gasteiger partial charge in [-0.15, -0.1) is 0 Å². The quantitative estimate of drug-likeness (QED) is 0.849. The van der Waals surface area contributed by atoms with E-state index < -0.39 is 15.9 Å². The molecule has 108 valence electrons. The molecule has 0 bridgehead atoms. The molecule has 0 aromatic heterocycles. The lowest BCUT2D eigenvalue weighted by Crippen LogP contribution is -2.39. The molecule has 0 unspecified atom stereocenters. The third-order valence-corrected chi connectivity index (χ3v) is 4.39. The molecule has 5 nitrogen and oxygen atoms in total. The van der Waals surface area contributed by atoms with Crippen LogP contribution in [0.25, 0.3) is 0 Å². The van der Waals surface area contributed by atoms with Gasteiger partial charge in [0.1, 0.15) is 5.75 Å². The minimum absolute atomic E-state index is 0.0697. The van der Waals surface area contributed by atoms with Crippen LogP contribution in [0.2, 0.25) is 0 Å². The zero-order valence-electron chi connectivity index (χ0n) is 11.4. The van der Waals surface area contributed by atoms with Gasteiger partial charge in [0.2, 0.25) is 5.91 Å². The van der Waals surface area contributed by atoms with E-state index in [2.05, 4.69) is 0 Å². The number of amides is 1. The molecule has 1 aliphatic rings. The van der Waals surface area contributed by atoms with Crippen LogP contribution >= 0.6 is 0 Å². The second-order valence-electron chi connectivity index (χ2n) is 4.54.